The summed E-state index contributed by atoms with van der Waals surface area (Å²) in [5.74, 6) is -1.11. The first-order valence-electron chi connectivity index (χ1n) is 7.51. The third-order valence-corrected chi connectivity index (χ3v) is 4.15. The van der Waals surface area contributed by atoms with Crippen molar-refractivity contribution in [3.63, 3.8) is 0 Å². The molecule has 0 aromatic rings. The Morgan fingerprint density at radius 2 is 1.81 bits per heavy atom. The standard InChI is InChI=1S/C14H21F3N2O2/c15-14(16,17)8-12(20)18-10-7-13(21)19(9-10)11-5-3-1-2-4-6-11/h10-11H,1-9H2,(H,18,20). The van der Waals surface area contributed by atoms with Crippen LogP contribution in [0.25, 0.3) is 0 Å². The van der Waals surface area contributed by atoms with E-state index in [0.717, 1.165) is 25.7 Å². The summed E-state index contributed by atoms with van der Waals surface area (Å²) in [6.07, 6.45) is 0.534. The summed E-state index contributed by atoms with van der Waals surface area (Å²) >= 11 is 0. The van der Waals surface area contributed by atoms with Crippen molar-refractivity contribution in [1.82, 2.24) is 10.2 Å². The maximum absolute atomic E-state index is 12.1. The first-order valence-corrected chi connectivity index (χ1v) is 7.51. The molecule has 0 radical (unpaired) electrons. The molecule has 1 atom stereocenters. The van der Waals surface area contributed by atoms with Crippen molar-refractivity contribution >= 4 is 11.8 Å². The molecule has 2 fully saturated rings. The summed E-state index contributed by atoms with van der Waals surface area (Å²) in [6.45, 7) is 0.340. The molecular formula is C14H21F3N2O2. The van der Waals surface area contributed by atoms with Crippen LogP contribution in [0.3, 0.4) is 0 Å². The monoisotopic (exact) mass is 306 g/mol. The first-order chi connectivity index (χ1) is 9.85. The van der Waals surface area contributed by atoms with Crippen molar-refractivity contribution in [2.24, 2.45) is 0 Å². The molecule has 0 aromatic carbocycles. The van der Waals surface area contributed by atoms with Crippen LogP contribution < -0.4 is 5.32 Å². The van der Waals surface area contributed by atoms with E-state index >= 15 is 0 Å². The Labute approximate surface area is 122 Å². The average Bonchev–Trinajstić information content (AvgIpc) is 2.58. The number of halogens is 3. The van der Waals surface area contributed by atoms with Gasteiger partial charge in [0.2, 0.25) is 11.8 Å². The number of amides is 2. The van der Waals surface area contributed by atoms with Crippen LogP contribution >= 0.6 is 0 Å². The maximum Gasteiger partial charge on any atom is 0.397 e. The second kappa shape index (κ2) is 6.66. The van der Waals surface area contributed by atoms with Crippen molar-refractivity contribution in [2.75, 3.05) is 6.54 Å². The van der Waals surface area contributed by atoms with E-state index in [9.17, 15) is 22.8 Å². The van der Waals surface area contributed by atoms with Gasteiger partial charge in [0, 0.05) is 19.0 Å². The zero-order valence-electron chi connectivity index (χ0n) is 11.9. The van der Waals surface area contributed by atoms with Crippen LogP contribution in [0.5, 0.6) is 0 Å². The van der Waals surface area contributed by atoms with Crippen molar-refractivity contribution in [3.8, 4) is 0 Å². The van der Waals surface area contributed by atoms with Crippen LogP contribution in [0.4, 0.5) is 13.2 Å². The zero-order chi connectivity index (χ0) is 15.5. The molecule has 1 N–H and O–H groups in total. The number of hydrogen-bond donors (Lipinski definition) is 1. The van der Waals surface area contributed by atoms with Crippen LogP contribution in [0, 0.1) is 0 Å². The average molecular weight is 306 g/mol. The largest absolute Gasteiger partial charge is 0.397 e. The molecule has 1 aliphatic carbocycles. The quantitative estimate of drug-likeness (QED) is 0.814. The number of likely N-dealkylation sites (tertiary alicyclic amines) is 1. The molecule has 4 nitrogen and oxygen atoms in total. The number of hydrogen-bond acceptors (Lipinski definition) is 2. The Morgan fingerprint density at radius 1 is 1.19 bits per heavy atom. The highest BCUT2D eigenvalue weighted by molar-refractivity contribution is 5.82. The van der Waals surface area contributed by atoms with Gasteiger partial charge in [0.1, 0.15) is 6.42 Å². The summed E-state index contributed by atoms with van der Waals surface area (Å²) < 4.78 is 36.4. The van der Waals surface area contributed by atoms with Crippen LogP contribution in [0.2, 0.25) is 0 Å². The fourth-order valence-electron chi connectivity index (χ4n) is 3.21. The number of rotatable bonds is 3. The van der Waals surface area contributed by atoms with Gasteiger partial charge in [0.25, 0.3) is 0 Å². The van der Waals surface area contributed by atoms with Gasteiger partial charge in [0.05, 0.1) is 6.04 Å². The van der Waals surface area contributed by atoms with Crippen molar-refractivity contribution in [2.45, 2.75) is 69.6 Å². The van der Waals surface area contributed by atoms with Crippen LogP contribution in [0.15, 0.2) is 0 Å². The van der Waals surface area contributed by atoms with E-state index in [-0.39, 0.29) is 18.4 Å². The molecule has 1 heterocycles. The summed E-state index contributed by atoms with van der Waals surface area (Å²) in [5.41, 5.74) is 0. The SMILES string of the molecule is O=C(CC(F)(F)F)NC1CC(=O)N(C2CCCCCC2)C1. The normalized spacial score (nSPS) is 25.0. The predicted molar refractivity (Wildman–Crippen MR) is 70.4 cm³/mol. The molecular weight excluding hydrogens is 285 g/mol. The molecule has 1 saturated carbocycles. The third-order valence-electron chi connectivity index (χ3n) is 4.15. The Bertz CT molecular complexity index is 390. The minimum atomic E-state index is -4.51. The van der Waals surface area contributed by atoms with E-state index in [2.05, 4.69) is 5.32 Å². The van der Waals surface area contributed by atoms with E-state index in [1.54, 1.807) is 4.90 Å². The highest BCUT2D eigenvalue weighted by atomic mass is 19.4. The van der Waals surface area contributed by atoms with Crippen molar-refractivity contribution in [3.05, 3.63) is 0 Å². The predicted octanol–water partition coefficient (Wildman–Crippen LogP) is 2.38. The maximum atomic E-state index is 12.1. The minimum absolute atomic E-state index is 0.0563. The van der Waals surface area contributed by atoms with Crippen LogP contribution in [-0.4, -0.2) is 41.5 Å². The molecule has 2 amide bonds. The fraction of sp³-hybridized carbons (Fsp3) is 0.857. The number of carbonyl (C=O) groups excluding carboxylic acids is 2. The van der Waals surface area contributed by atoms with E-state index in [1.165, 1.54) is 12.8 Å². The molecule has 1 unspecified atom stereocenters. The molecule has 0 aromatic heterocycles. The zero-order valence-corrected chi connectivity index (χ0v) is 11.9. The Hall–Kier alpha value is -1.27. The van der Waals surface area contributed by atoms with E-state index in [0.29, 0.717) is 6.54 Å². The van der Waals surface area contributed by atoms with Crippen LogP contribution in [0.1, 0.15) is 51.4 Å². The smallest absolute Gasteiger partial charge is 0.351 e. The van der Waals surface area contributed by atoms with Crippen molar-refractivity contribution in [1.29, 1.82) is 0 Å². The van der Waals surface area contributed by atoms with Gasteiger partial charge in [-0.2, -0.15) is 13.2 Å². The van der Waals surface area contributed by atoms with Gasteiger partial charge < -0.3 is 10.2 Å². The Balaban J connectivity index is 1.85. The van der Waals surface area contributed by atoms with Gasteiger partial charge in [-0.15, -0.1) is 0 Å². The van der Waals surface area contributed by atoms with E-state index in [4.69, 9.17) is 0 Å². The molecule has 2 aliphatic rings. The second-order valence-electron chi connectivity index (χ2n) is 5.95. The number of nitrogens with zero attached hydrogens (tertiary/aromatic N) is 1. The highest BCUT2D eigenvalue weighted by Crippen LogP contribution is 2.26. The minimum Gasteiger partial charge on any atom is -0.351 e. The molecule has 0 spiro atoms. The van der Waals surface area contributed by atoms with Gasteiger partial charge in [-0.05, 0) is 12.8 Å². The lowest BCUT2D eigenvalue weighted by Gasteiger charge is -2.27. The summed E-state index contributed by atoms with van der Waals surface area (Å²) in [5, 5.41) is 2.33. The third kappa shape index (κ3) is 4.89. The van der Waals surface area contributed by atoms with Gasteiger partial charge in [-0.3, -0.25) is 9.59 Å². The number of alkyl halides is 3. The molecule has 120 valence electrons. The Morgan fingerprint density at radius 3 is 2.38 bits per heavy atom. The molecule has 2 rings (SSSR count). The molecule has 1 saturated heterocycles. The van der Waals surface area contributed by atoms with E-state index in [1.807, 2.05) is 0 Å². The highest BCUT2D eigenvalue weighted by Gasteiger charge is 2.37. The summed E-state index contributed by atoms with van der Waals surface area (Å²) in [7, 11) is 0. The summed E-state index contributed by atoms with van der Waals surface area (Å²) in [6, 6.07) is -0.305. The second-order valence-corrected chi connectivity index (χ2v) is 5.95. The summed E-state index contributed by atoms with van der Waals surface area (Å²) in [4.78, 5) is 25.1. The lowest BCUT2D eigenvalue weighted by atomic mass is 10.1. The molecule has 21 heavy (non-hydrogen) atoms. The lowest BCUT2D eigenvalue weighted by Crippen LogP contribution is -2.41. The molecule has 7 heteroatoms. The Kier molecular flexibility index (Phi) is 5.11. The van der Waals surface area contributed by atoms with Crippen molar-refractivity contribution < 1.29 is 22.8 Å². The first kappa shape index (κ1) is 16.1. The van der Waals surface area contributed by atoms with Gasteiger partial charge in [-0.1, -0.05) is 25.7 Å². The van der Waals surface area contributed by atoms with E-state index < -0.39 is 24.5 Å². The fourth-order valence-corrected chi connectivity index (χ4v) is 3.21. The number of nitrogens with one attached hydrogen (secondary N) is 1. The van der Waals surface area contributed by atoms with Gasteiger partial charge >= 0.3 is 6.18 Å². The molecule has 0 bridgehead atoms. The molecule has 1 aliphatic heterocycles. The van der Waals surface area contributed by atoms with Gasteiger partial charge in [-0.25, -0.2) is 0 Å². The number of carbonyl (C=O) groups is 2. The van der Waals surface area contributed by atoms with Crippen LogP contribution in [-0.2, 0) is 9.59 Å². The van der Waals surface area contributed by atoms with Gasteiger partial charge in [0.15, 0.2) is 0 Å². The lowest BCUT2D eigenvalue weighted by molar-refractivity contribution is -0.154. The topological polar surface area (TPSA) is 49.4 Å².